The smallest absolute Gasteiger partial charge is 0.313 e. The van der Waals surface area contributed by atoms with Gasteiger partial charge >= 0.3 is 5.69 Å². The Kier molecular flexibility index (Phi) is 9.27. The summed E-state index contributed by atoms with van der Waals surface area (Å²) in [5, 5.41) is 2.50. The van der Waals surface area contributed by atoms with Crippen molar-refractivity contribution in [1.82, 2.24) is 18.7 Å². The van der Waals surface area contributed by atoms with Crippen LogP contribution >= 0.6 is 11.6 Å². The third kappa shape index (κ3) is 5.32. The first-order valence-electron chi connectivity index (χ1n) is 12.8. The molecule has 0 fully saturated rings. The third-order valence-corrected chi connectivity index (χ3v) is 6.56. The zero-order valence-corrected chi connectivity index (χ0v) is 23.1. The van der Waals surface area contributed by atoms with E-state index in [1.165, 1.54) is 23.7 Å². The SMILES string of the molecule is CC.CC.Cn1c(=O)c2c(nc(-c3ccc4c(c3)=CCCCC=4)n2Cc2c(F)cccc2Cl)n(C)c1=O. The highest BCUT2D eigenvalue weighted by atomic mass is 35.5. The minimum Gasteiger partial charge on any atom is -0.313 e. The van der Waals surface area contributed by atoms with Gasteiger partial charge in [-0.05, 0) is 47.9 Å². The maximum Gasteiger partial charge on any atom is 0.332 e. The maximum atomic E-state index is 14.7. The fourth-order valence-electron chi connectivity index (χ4n) is 4.37. The standard InChI is InChI=1S/C25H22ClFN4O2.2C2H6/c1-29-23-21(24(32)30(2)25(29)33)31(14-18-19(26)9-6-10-20(18)27)22(28-23)17-12-11-15-7-4-3-5-8-16(15)13-17;2*1-2/h6-13H,3-5,14H2,1-2H3;2*1-2H3. The van der Waals surface area contributed by atoms with Crippen LogP contribution in [-0.2, 0) is 20.6 Å². The Balaban J connectivity index is 0.000000907. The zero-order chi connectivity index (χ0) is 27.3. The lowest BCUT2D eigenvalue weighted by Crippen LogP contribution is -2.37. The largest absolute Gasteiger partial charge is 0.332 e. The molecule has 2 heterocycles. The number of aromatic nitrogens is 4. The normalized spacial score (nSPS) is 12.2. The molecule has 0 atom stereocenters. The predicted octanol–water partition coefficient (Wildman–Crippen LogP) is 4.74. The van der Waals surface area contributed by atoms with Crippen molar-refractivity contribution in [3.8, 4) is 11.4 Å². The van der Waals surface area contributed by atoms with Crippen molar-refractivity contribution in [1.29, 1.82) is 0 Å². The van der Waals surface area contributed by atoms with E-state index in [-0.39, 0.29) is 28.3 Å². The molecule has 0 N–H and O–H groups in total. The first-order chi connectivity index (χ1) is 17.9. The Hall–Kier alpha value is -3.45. The van der Waals surface area contributed by atoms with Gasteiger partial charge in [-0.25, -0.2) is 14.2 Å². The molecule has 1 aliphatic rings. The van der Waals surface area contributed by atoms with Crippen LogP contribution < -0.4 is 21.7 Å². The van der Waals surface area contributed by atoms with Crippen molar-refractivity contribution >= 4 is 34.9 Å². The molecule has 1 aliphatic carbocycles. The number of hydrogen-bond donors (Lipinski definition) is 0. The molecule has 0 amide bonds. The van der Waals surface area contributed by atoms with Crippen molar-refractivity contribution in [2.24, 2.45) is 14.1 Å². The van der Waals surface area contributed by atoms with Gasteiger partial charge in [-0.3, -0.25) is 13.9 Å². The van der Waals surface area contributed by atoms with Crippen LogP contribution in [0.5, 0.6) is 0 Å². The third-order valence-electron chi connectivity index (χ3n) is 6.21. The number of benzene rings is 2. The molecule has 0 saturated carbocycles. The van der Waals surface area contributed by atoms with Gasteiger partial charge in [0, 0.05) is 30.2 Å². The van der Waals surface area contributed by atoms with Crippen LogP contribution in [-0.4, -0.2) is 18.7 Å². The van der Waals surface area contributed by atoms with E-state index in [0.717, 1.165) is 39.8 Å². The second kappa shape index (κ2) is 12.2. The first-order valence-corrected chi connectivity index (χ1v) is 13.1. The molecule has 8 heteroatoms. The Morgan fingerprint density at radius 3 is 2.30 bits per heavy atom. The van der Waals surface area contributed by atoms with E-state index in [1.807, 2.05) is 45.9 Å². The molecule has 0 saturated heterocycles. The topological polar surface area (TPSA) is 61.8 Å². The van der Waals surface area contributed by atoms with Gasteiger partial charge in [0.05, 0.1) is 6.54 Å². The van der Waals surface area contributed by atoms with Crippen LogP contribution in [0.4, 0.5) is 4.39 Å². The van der Waals surface area contributed by atoms with Gasteiger partial charge in [0.1, 0.15) is 11.6 Å². The number of hydrogen-bond acceptors (Lipinski definition) is 3. The lowest BCUT2D eigenvalue weighted by atomic mass is 10.1. The molecule has 37 heavy (non-hydrogen) atoms. The Labute approximate surface area is 221 Å². The van der Waals surface area contributed by atoms with E-state index in [9.17, 15) is 14.0 Å². The highest BCUT2D eigenvalue weighted by Crippen LogP contribution is 2.26. The molecule has 4 aromatic rings. The quantitative estimate of drug-likeness (QED) is 0.389. The molecule has 0 aliphatic heterocycles. The van der Waals surface area contributed by atoms with Crippen molar-refractivity contribution in [3.63, 3.8) is 0 Å². The van der Waals surface area contributed by atoms with Gasteiger partial charge in [0.15, 0.2) is 11.2 Å². The highest BCUT2D eigenvalue weighted by Gasteiger charge is 2.22. The summed E-state index contributed by atoms with van der Waals surface area (Å²) in [6.45, 7) is 8.00. The van der Waals surface area contributed by atoms with Crippen LogP contribution in [0.2, 0.25) is 5.02 Å². The van der Waals surface area contributed by atoms with Gasteiger partial charge in [0.2, 0.25) is 0 Å². The van der Waals surface area contributed by atoms with Crippen LogP contribution in [0, 0.1) is 5.82 Å². The predicted molar refractivity (Wildman–Crippen MR) is 151 cm³/mol. The fraction of sp³-hybridized carbons (Fsp3) is 0.345. The number of fused-ring (bicyclic) bond motifs is 2. The van der Waals surface area contributed by atoms with Crippen molar-refractivity contribution in [3.05, 3.63) is 84.1 Å². The van der Waals surface area contributed by atoms with Crippen molar-refractivity contribution in [2.45, 2.75) is 53.5 Å². The molecule has 0 unspecified atom stereocenters. The van der Waals surface area contributed by atoms with Crippen molar-refractivity contribution < 1.29 is 4.39 Å². The molecule has 6 nitrogen and oxygen atoms in total. The van der Waals surface area contributed by atoms with Crippen LogP contribution in [0.3, 0.4) is 0 Å². The summed E-state index contributed by atoms with van der Waals surface area (Å²) < 4.78 is 18.7. The minimum absolute atomic E-state index is 0.00227. The molecule has 2 aromatic carbocycles. The Morgan fingerprint density at radius 1 is 0.946 bits per heavy atom. The highest BCUT2D eigenvalue weighted by molar-refractivity contribution is 6.31. The van der Waals surface area contributed by atoms with Gasteiger partial charge < -0.3 is 4.57 Å². The maximum absolute atomic E-state index is 14.7. The van der Waals surface area contributed by atoms with Crippen molar-refractivity contribution in [2.75, 3.05) is 0 Å². The Morgan fingerprint density at radius 2 is 1.62 bits per heavy atom. The molecule has 2 aromatic heterocycles. The van der Waals surface area contributed by atoms with E-state index >= 15 is 0 Å². The second-order valence-corrected chi connectivity index (χ2v) is 8.69. The summed E-state index contributed by atoms with van der Waals surface area (Å²) in [4.78, 5) is 30.4. The number of rotatable bonds is 3. The lowest BCUT2D eigenvalue weighted by molar-refractivity contribution is 0.601. The monoisotopic (exact) mass is 524 g/mol. The van der Waals surface area contributed by atoms with Crippen LogP contribution in [0.15, 0.2) is 46.0 Å². The molecular weight excluding hydrogens is 491 g/mol. The lowest BCUT2D eigenvalue weighted by Gasteiger charge is -2.12. The minimum atomic E-state index is -0.492. The second-order valence-electron chi connectivity index (χ2n) is 8.28. The number of nitrogens with zero attached hydrogens (tertiary/aromatic N) is 4. The van der Waals surface area contributed by atoms with E-state index in [0.29, 0.717) is 5.82 Å². The zero-order valence-electron chi connectivity index (χ0n) is 22.3. The number of aryl methyl sites for hydroxylation is 1. The van der Waals surface area contributed by atoms with E-state index in [1.54, 1.807) is 17.7 Å². The summed E-state index contributed by atoms with van der Waals surface area (Å²) in [6.07, 6.45) is 7.49. The van der Waals surface area contributed by atoms with Gasteiger partial charge in [-0.2, -0.15) is 0 Å². The number of halogens is 2. The van der Waals surface area contributed by atoms with Gasteiger partial charge in [-0.15, -0.1) is 0 Å². The summed E-state index contributed by atoms with van der Waals surface area (Å²) in [5.41, 5.74) is 0.533. The summed E-state index contributed by atoms with van der Waals surface area (Å²) in [6, 6.07) is 10.5. The van der Waals surface area contributed by atoms with Crippen LogP contribution in [0.25, 0.3) is 34.7 Å². The molecule has 196 valence electrons. The molecule has 5 rings (SSSR count). The van der Waals surface area contributed by atoms with E-state index in [2.05, 4.69) is 12.2 Å². The van der Waals surface area contributed by atoms with Gasteiger partial charge in [-0.1, -0.05) is 69.6 Å². The summed E-state index contributed by atoms with van der Waals surface area (Å²) in [5.74, 6) is 0.00451. The Bertz CT molecular complexity index is 1640. The number of imidazole rings is 1. The van der Waals surface area contributed by atoms with Gasteiger partial charge in [0.25, 0.3) is 5.56 Å². The molecule has 0 bridgehead atoms. The van der Waals surface area contributed by atoms with E-state index in [4.69, 9.17) is 16.6 Å². The molecule has 0 radical (unpaired) electrons. The van der Waals surface area contributed by atoms with Crippen LogP contribution in [0.1, 0.15) is 52.5 Å². The average Bonchev–Trinajstić information content (AvgIpc) is 3.13. The average molecular weight is 525 g/mol. The summed E-state index contributed by atoms with van der Waals surface area (Å²) in [7, 11) is 2.99. The molecule has 0 spiro atoms. The molecular formula is C29H34ClFN4O2. The van der Waals surface area contributed by atoms with E-state index < -0.39 is 17.1 Å². The first kappa shape index (κ1) is 28.1. The summed E-state index contributed by atoms with van der Waals surface area (Å²) >= 11 is 6.32. The fourth-order valence-corrected chi connectivity index (χ4v) is 4.59.